The lowest BCUT2D eigenvalue weighted by Crippen LogP contribution is -2.52. The maximum absolute atomic E-state index is 13.8. The Morgan fingerprint density at radius 2 is 2.05 bits per heavy atom. The average Bonchev–Trinajstić information content (AvgIpc) is 2.44. The van der Waals surface area contributed by atoms with Gasteiger partial charge in [0.15, 0.2) is 0 Å². The number of likely N-dealkylation sites (N-methyl/N-ethyl adjacent to an activating group) is 1. The standard InChI is InChI=1S/C14H22FN3O2S/c1-4-11-9-18(6-5-17(11)3)21(19,20)12-7-13(15)10(2)14(16)8-12/h7-8,11H,4-6,9,16H2,1-3H3. The highest BCUT2D eigenvalue weighted by molar-refractivity contribution is 7.89. The van der Waals surface area contributed by atoms with Crippen molar-refractivity contribution in [2.75, 3.05) is 32.4 Å². The summed E-state index contributed by atoms with van der Waals surface area (Å²) in [7, 11) is -1.72. The van der Waals surface area contributed by atoms with Crippen molar-refractivity contribution in [3.8, 4) is 0 Å². The molecule has 0 aromatic heterocycles. The van der Waals surface area contributed by atoms with Crippen LogP contribution >= 0.6 is 0 Å². The van der Waals surface area contributed by atoms with Crippen LogP contribution in [0.15, 0.2) is 17.0 Å². The Morgan fingerprint density at radius 3 is 2.62 bits per heavy atom. The van der Waals surface area contributed by atoms with Gasteiger partial charge in [-0.3, -0.25) is 0 Å². The smallest absolute Gasteiger partial charge is 0.243 e. The van der Waals surface area contributed by atoms with Crippen LogP contribution in [0, 0.1) is 12.7 Å². The van der Waals surface area contributed by atoms with Crippen molar-refractivity contribution in [1.82, 2.24) is 9.21 Å². The van der Waals surface area contributed by atoms with Crippen molar-refractivity contribution in [2.45, 2.75) is 31.2 Å². The summed E-state index contributed by atoms with van der Waals surface area (Å²) in [6, 6.07) is 2.58. The van der Waals surface area contributed by atoms with Gasteiger partial charge in [-0.2, -0.15) is 4.31 Å². The SMILES string of the molecule is CCC1CN(S(=O)(=O)c2cc(N)c(C)c(F)c2)CCN1C. The van der Waals surface area contributed by atoms with Crippen LogP contribution in [0.5, 0.6) is 0 Å². The van der Waals surface area contributed by atoms with Crippen molar-refractivity contribution in [1.29, 1.82) is 0 Å². The third kappa shape index (κ3) is 3.04. The number of halogens is 1. The Morgan fingerprint density at radius 1 is 1.38 bits per heavy atom. The number of nitrogens with two attached hydrogens (primary N) is 1. The van der Waals surface area contributed by atoms with Crippen LogP contribution in [0.1, 0.15) is 18.9 Å². The highest BCUT2D eigenvalue weighted by Crippen LogP contribution is 2.25. The zero-order valence-electron chi connectivity index (χ0n) is 12.6. The number of sulfonamides is 1. The van der Waals surface area contributed by atoms with E-state index in [1.165, 1.54) is 17.3 Å². The first-order valence-corrected chi connectivity index (χ1v) is 8.47. The van der Waals surface area contributed by atoms with Gasteiger partial charge < -0.3 is 10.6 Å². The molecule has 0 bridgehead atoms. The van der Waals surface area contributed by atoms with Crippen LogP contribution in [-0.2, 0) is 10.0 Å². The summed E-state index contributed by atoms with van der Waals surface area (Å²) in [5.41, 5.74) is 6.13. The minimum absolute atomic E-state index is 0.0671. The predicted molar refractivity (Wildman–Crippen MR) is 81.0 cm³/mol. The van der Waals surface area contributed by atoms with Gasteiger partial charge >= 0.3 is 0 Å². The lowest BCUT2D eigenvalue weighted by Gasteiger charge is -2.38. The Bertz CT molecular complexity index is 610. The van der Waals surface area contributed by atoms with Crippen molar-refractivity contribution < 1.29 is 12.8 Å². The second kappa shape index (κ2) is 5.90. The van der Waals surface area contributed by atoms with Crippen molar-refractivity contribution in [2.24, 2.45) is 0 Å². The van der Waals surface area contributed by atoms with Gasteiger partial charge in [0.1, 0.15) is 5.82 Å². The fourth-order valence-electron chi connectivity index (χ4n) is 2.55. The molecule has 21 heavy (non-hydrogen) atoms. The lowest BCUT2D eigenvalue weighted by molar-refractivity contribution is 0.144. The zero-order chi connectivity index (χ0) is 15.8. The number of benzene rings is 1. The van der Waals surface area contributed by atoms with Crippen molar-refractivity contribution >= 4 is 15.7 Å². The first-order valence-electron chi connectivity index (χ1n) is 7.03. The van der Waals surface area contributed by atoms with Crippen LogP contribution < -0.4 is 5.73 Å². The van der Waals surface area contributed by atoms with Gasteiger partial charge in [-0.15, -0.1) is 0 Å². The minimum atomic E-state index is -3.70. The molecule has 1 aromatic carbocycles. The molecule has 2 N–H and O–H groups in total. The van der Waals surface area contributed by atoms with E-state index in [0.29, 0.717) is 19.6 Å². The summed E-state index contributed by atoms with van der Waals surface area (Å²) in [6.07, 6.45) is 0.868. The molecule has 1 fully saturated rings. The maximum Gasteiger partial charge on any atom is 0.243 e. The molecule has 1 heterocycles. The third-order valence-corrected chi connectivity index (χ3v) is 6.05. The Labute approximate surface area is 125 Å². The molecule has 1 aromatic rings. The third-order valence-electron chi connectivity index (χ3n) is 4.21. The first kappa shape index (κ1) is 16.2. The van der Waals surface area contributed by atoms with Gasteiger partial charge in [0.2, 0.25) is 10.0 Å². The van der Waals surface area contributed by atoms with Crippen molar-refractivity contribution in [3.05, 3.63) is 23.5 Å². The van der Waals surface area contributed by atoms with Gasteiger partial charge in [-0.25, -0.2) is 12.8 Å². The monoisotopic (exact) mass is 315 g/mol. The average molecular weight is 315 g/mol. The van der Waals surface area contributed by atoms with Crippen LogP contribution in [-0.4, -0.2) is 50.3 Å². The number of hydrogen-bond acceptors (Lipinski definition) is 4. The Hall–Kier alpha value is -1.18. The van der Waals surface area contributed by atoms with E-state index >= 15 is 0 Å². The van der Waals surface area contributed by atoms with Gasteiger partial charge in [-0.1, -0.05) is 6.92 Å². The molecule has 7 heteroatoms. The van der Waals surface area contributed by atoms with E-state index in [2.05, 4.69) is 4.90 Å². The second-order valence-electron chi connectivity index (χ2n) is 5.53. The fourth-order valence-corrected chi connectivity index (χ4v) is 4.07. The predicted octanol–water partition coefficient (Wildman–Crippen LogP) is 1.43. The quantitative estimate of drug-likeness (QED) is 0.857. The number of nitrogen functional groups attached to an aromatic ring is 1. The Balaban J connectivity index is 2.34. The molecular formula is C14H22FN3O2S. The van der Waals surface area contributed by atoms with Crippen LogP contribution in [0.4, 0.5) is 10.1 Å². The summed E-state index contributed by atoms with van der Waals surface area (Å²) >= 11 is 0. The largest absolute Gasteiger partial charge is 0.398 e. The molecule has 1 atom stereocenters. The van der Waals surface area contributed by atoms with E-state index in [1.807, 2.05) is 14.0 Å². The van der Waals surface area contributed by atoms with Crippen molar-refractivity contribution in [3.63, 3.8) is 0 Å². The highest BCUT2D eigenvalue weighted by Gasteiger charge is 2.32. The van der Waals surface area contributed by atoms with Crippen LogP contribution in [0.25, 0.3) is 0 Å². The molecule has 0 radical (unpaired) electrons. The summed E-state index contributed by atoms with van der Waals surface area (Å²) < 4.78 is 40.5. The number of hydrogen-bond donors (Lipinski definition) is 1. The molecule has 1 unspecified atom stereocenters. The summed E-state index contributed by atoms with van der Waals surface area (Å²) in [5, 5.41) is 0. The molecule has 0 saturated carbocycles. The molecular weight excluding hydrogens is 293 g/mol. The molecule has 5 nitrogen and oxygen atoms in total. The van der Waals surface area contributed by atoms with E-state index in [4.69, 9.17) is 5.73 Å². The van der Waals surface area contributed by atoms with E-state index in [0.717, 1.165) is 12.5 Å². The zero-order valence-corrected chi connectivity index (χ0v) is 13.5. The molecule has 0 spiro atoms. The number of piperazine rings is 1. The van der Waals surface area contributed by atoms with Crippen LogP contribution in [0.3, 0.4) is 0 Å². The molecule has 118 valence electrons. The molecule has 1 saturated heterocycles. The summed E-state index contributed by atoms with van der Waals surface area (Å²) in [4.78, 5) is 2.08. The fraction of sp³-hybridized carbons (Fsp3) is 0.571. The summed E-state index contributed by atoms with van der Waals surface area (Å²) in [6.45, 7) is 5.06. The molecule has 1 aliphatic rings. The van der Waals surface area contributed by atoms with Gasteiger partial charge in [0, 0.05) is 36.9 Å². The molecule has 1 aliphatic heterocycles. The normalized spacial score (nSPS) is 21.6. The minimum Gasteiger partial charge on any atom is -0.398 e. The van der Waals surface area contributed by atoms with Gasteiger partial charge in [0.05, 0.1) is 4.90 Å². The van der Waals surface area contributed by atoms with Crippen LogP contribution in [0.2, 0.25) is 0 Å². The van der Waals surface area contributed by atoms with E-state index in [9.17, 15) is 12.8 Å². The molecule has 0 aliphatic carbocycles. The topological polar surface area (TPSA) is 66.6 Å². The Kier molecular flexibility index (Phi) is 4.55. The van der Waals surface area contributed by atoms with E-state index < -0.39 is 15.8 Å². The first-order chi connectivity index (χ1) is 9.77. The number of nitrogens with zero attached hydrogens (tertiary/aromatic N) is 2. The highest BCUT2D eigenvalue weighted by atomic mass is 32.2. The van der Waals surface area contributed by atoms with E-state index in [-0.39, 0.29) is 22.2 Å². The number of anilines is 1. The lowest BCUT2D eigenvalue weighted by atomic mass is 10.1. The van der Waals surface area contributed by atoms with Gasteiger partial charge in [0.25, 0.3) is 0 Å². The molecule has 2 rings (SSSR count). The number of rotatable bonds is 3. The molecule has 0 amide bonds. The maximum atomic E-state index is 13.8. The van der Waals surface area contributed by atoms with E-state index in [1.54, 1.807) is 0 Å². The summed E-state index contributed by atoms with van der Waals surface area (Å²) in [5.74, 6) is -0.588. The second-order valence-corrected chi connectivity index (χ2v) is 7.46. The van der Waals surface area contributed by atoms with Gasteiger partial charge in [-0.05, 0) is 32.5 Å².